The average molecular weight is 1080 g/mol. The molecule has 0 aromatic heterocycles. The number of amides is 1. The molecule has 0 aliphatic rings. The number of rotatable bonds is 66. The molecule has 0 aromatic carbocycles. The van der Waals surface area contributed by atoms with Crippen LogP contribution in [0.25, 0.3) is 0 Å². The van der Waals surface area contributed by atoms with Crippen molar-refractivity contribution in [3.63, 3.8) is 0 Å². The van der Waals surface area contributed by atoms with Crippen LogP contribution in [-0.2, 0) is 14.3 Å². The summed E-state index contributed by atoms with van der Waals surface area (Å²) in [6.07, 6.45) is 83.8. The second-order valence-corrected chi connectivity index (χ2v) is 24.2. The maximum atomic E-state index is 12.5. The van der Waals surface area contributed by atoms with Gasteiger partial charge in [0.2, 0.25) is 5.91 Å². The molecule has 2 atom stereocenters. The van der Waals surface area contributed by atoms with Crippen LogP contribution in [0.5, 0.6) is 0 Å². The molecule has 77 heavy (non-hydrogen) atoms. The zero-order valence-corrected chi connectivity index (χ0v) is 52.2. The van der Waals surface area contributed by atoms with Crippen LogP contribution in [0.1, 0.15) is 393 Å². The van der Waals surface area contributed by atoms with Gasteiger partial charge in [0.15, 0.2) is 0 Å². The Bertz CT molecular complexity index is 1200. The average Bonchev–Trinajstić information content (AvgIpc) is 3.43. The summed E-state index contributed by atoms with van der Waals surface area (Å²) in [5, 5.41) is 23.3. The molecular formula is C71H137NO5. The fourth-order valence-corrected chi connectivity index (χ4v) is 11.1. The van der Waals surface area contributed by atoms with Crippen molar-refractivity contribution in [2.45, 2.75) is 405 Å². The predicted octanol–water partition coefficient (Wildman–Crippen LogP) is 22.5. The number of unbranched alkanes of at least 4 members (excludes halogenated alkanes) is 51. The van der Waals surface area contributed by atoms with E-state index in [1.54, 1.807) is 0 Å². The van der Waals surface area contributed by atoms with Crippen molar-refractivity contribution in [2.75, 3.05) is 13.2 Å². The lowest BCUT2D eigenvalue weighted by Gasteiger charge is -2.22. The molecule has 0 fully saturated rings. The lowest BCUT2D eigenvalue weighted by molar-refractivity contribution is -0.143. The summed E-state index contributed by atoms with van der Waals surface area (Å²) in [6, 6.07) is -0.538. The molecule has 0 radical (unpaired) electrons. The topological polar surface area (TPSA) is 95.9 Å². The minimum Gasteiger partial charge on any atom is -0.466 e. The van der Waals surface area contributed by atoms with Gasteiger partial charge < -0.3 is 20.3 Å². The van der Waals surface area contributed by atoms with Crippen molar-refractivity contribution in [3.8, 4) is 0 Å². The summed E-state index contributed by atoms with van der Waals surface area (Å²) in [7, 11) is 0. The molecular weight excluding hydrogens is 947 g/mol. The Kier molecular flexibility index (Phi) is 65.4. The molecule has 0 saturated heterocycles. The highest BCUT2D eigenvalue weighted by Gasteiger charge is 2.20. The lowest BCUT2D eigenvalue weighted by atomic mass is 10.0. The van der Waals surface area contributed by atoms with Crippen LogP contribution in [0.4, 0.5) is 0 Å². The predicted molar refractivity (Wildman–Crippen MR) is 338 cm³/mol. The third-order valence-corrected chi connectivity index (χ3v) is 16.5. The van der Waals surface area contributed by atoms with Crippen LogP contribution in [0, 0.1) is 0 Å². The molecule has 0 spiro atoms. The smallest absolute Gasteiger partial charge is 0.305 e. The van der Waals surface area contributed by atoms with Crippen molar-refractivity contribution in [2.24, 2.45) is 0 Å². The van der Waals surface area contributed by atoms with Crippen LogP contribution in [-0.4, -0.2) is 47.4 Å². The Labute approximate surface area is 481 Å². The normalized spacial score (nSPS) is 12.6. The first-order chi connectivity index (χ1) is 38.0. The van der Waals surface area contributed by atoms with Gasteiger partial charge in [-0.3, -0.25) is 9.59 Å². The first-order valence-corrected chi connectivity index (χ1v) is 35.1. The highest BCUT2D eigenvalue weighted by Crippen LogP contribution is 2.19. The largest absolute Gasteiger partial charge is 0.466 e. The summed E-state index contributed by atoms with van der Waals surface area (Å²) in [5.41, 5.74) is 0. The third kappa shape index (κ3) is 63.4. The number of aliphatic hydroxyl groups excluding tert-OH is 2. The maximum Gasteiger partial charge on any atom is 0.305 e. The number of carbonyl (C=O) groups excluding carboxylic acids is 2. The number of aliphatic hydroxyl groups is 2. The van der Waals surface area contributed by atoms with Crippen LogP contribution in [0.3, 0.4) is 0 Å². The molecule has 0 aliphatic carbocycles. The summed E-state index contributed by atoms with van der Waals surface area (Å²) in [4.78, 5) is 24.6. The van der Waals surface area contributed by atoms with Gasteiger partial charge in [0, 0.05) is 12.8 Å². The van der Waals surface area contributed by atoms with E-state index in [2.05, 4.69) is 43.5 Å². The van der Waals surface area contributed by atoms with Gasteiger partial charge in [-0.05, 0) is 77.0 Å². The van der Waals surface area contributed by atoms with Gasteiger partial charge in [-0.25, -0.2) is 0 Å². The van der Waals surface area contributed by atoms with Crippen molar-refractivity contribution < 1.29 is 24.5 Å². The molecule has 6 nitrogen and oxygen atoms in total. The van der Waals surface area contributed by atoms with E-state index in [-0.39, 0.29) is 18.5 Å². The first-order valence-electron chi connectivity index (χ1n) is 35.1. The van der Waals surface area contributed by atoms with E-state index < -0.39 is 12.1 Å². The molecule has 1 amide bonds. The van der Waals surface area contributed by atoms with Crippen molar-refractivity contribution >= 4 is 11.9 Å². The number of ether oxygens (including phenoxy) is 1. The van der Waals surface area contributed by atoms with E-state index in [0.29, 0.717) is 25.9 Å². The summed E-state index contributed by atoms with van der Waals surface area (Å²) < 4.78 is 5.49. The maximum absolute atomic E-state index is 12.5. The molecule has 0 heterocycles. The van der Waals surface area contributed by atoms with E-state index in [9.17, 15) is 19.8 Å². The Hall–Kier alpha value is -1.66. The third-order valence-electron chi connectivity index (χ3n) is 16.5. The lowest BCUT2D eigenvalue weighted by Crippen LogP contribution is -2.45. The van der Waals surface area contributed by atoms with Gasteiger partial charge in [-0.15, -0.1) is 0 Å². The monoisotopic (exact) mass is 1080 g/mol. The number of allylic oxidation sites excluding steroid dienone is 4. The van der Waals surface area contributed by atoms with Crippen LogP contribution >= 0.6 is 0 Å². The summed E-state index contributed by atoms with van der Waals surface area (Å²) in [5.74, 6) is -0.0196. The number of hydrogen-bond donors (Lipinski definition) is 3. The van der Waals surface area contributed by atoms with Gasteiger partial charge in [0.25, 0.3) is 0 Å². The quantitative estimate of drug-likeness (QED) is 0.0320. The Morgan fingerprint density at radius 1 is 0.351 bits per heavy atom. The SMILES string of the molecule is CCCCCCCC/C=C\CCCCCCCC(=O)OCCCCCCCCCCCCCC/C=C\CCCCCCCCCCCCCCCCCCC(=O)NC(CO)C(O)CCCCCCCCCCCCCCC. The first kappa shape index (κ1) is 75.3. The summed E-state index contributed by atoms with van der Waals surface area (Å²) >= 11 is 0. The minimum atomic E-state index is -0.661. The van der Waals surface area contributed by atoms with Gasteiger partial charge >= 0.3 is 5.97 Å². The van der Waals surface area contributed by atoms with Gasteiger partial charge in [0.05, 0.1) is 25.4 Å². The zero-order valence-electron chi connectivity index (χ0n) is 52.2. The van der Waals surface area contributed by atoms with Crippen molar-refractivity contribution in [3.05, 3.63) is 24.3 Å². The number of carbonyl (C=O) groups is 2. The van der Waals surface area contributed by atoms with E-state index in [1.165, 1.54) is 315 Å². The second-order valence-electron chi connectivity index (χ2n) is 24.2. The van der Waals surface area contributed by atoms with E-state index in [1.807, 2.05) is 0 Å². The fourth-order valence-electron chi connectivity index (χ4n) is 11.1. The Balaban J connectivity index is 3.34. The van der Waals surface area contributed by atoms with Gasteiger partial charge in [-0.1, -0.05) is 327 Å². The standard InChI is InChI=1S/C71H137NO5/c1-3-5-7-9-11-13-15-17-36-41-45-49-53-57-61-65-71(76)77-66-62-58-54-50-46-42-38-35-33-31-29-27-25-23-21-19-18-20-22-24-26-28-30-32-34-37-40-44-48-52-56-60-64-70(75)72-68(67-73)69(74)63-59-55-51-47-43-39-16-14-12-10-8-6-4-2/h17,21,23,36,68-69,73-74H,3-16,18-20,22,24-35,37-67H2,1-2H3,(H,72,75)/b23-21-,36-17-. The number of nitrogens with one attached hydrogen (secondary N) is 1. The molecule has 0 bridgehead atoms. The molecule has 0 aromatic rings. The van der Waals surface area contributed by atoms with Crippen LogP contribution in [0.15, 0.2) is 24.3 Å². The molecule has 2 unspecified atom stereocenters. The Morgan fingerprint density at radius 3 is 0.922 bits per heavy atom. The van der Waals surface area contributed by atoms with Crippen molar-refractivity contribution in [1.82, 2.24) is 5.32 Å². The molecule has 0 rings (SSSR count). The Morgan fingerprint density at radius 2 is 0.610 bits per heavy atom. The fraction of sp³-hybridized carbons (Fsp3) is 0.915. The van der Waals surface area contributed by atoms with Crippen LogP contribution in [0.2, 0.25) is 0 Å². The highest BCUT2D eigenvalue weighted by molar-refractivity contribution is 5.76. The van der Waals surface area contributed by atoms with E-state index in [4.69, 9.17) is 4.74 Å². The molecule has 3 N–H and O–H groups in total. The molecule has 0 aliphatic heterocycles. The molecule has 6 heteroatoms. The van der Waals surface area contributed by atoms with Crippen LogP contribution < -0.4 is 5.32 Å². The minimum absolute atomic E-state index is 0.0108. The highest BCUT2D eigenvalue weighted by atomic mass is 16.5. The molecule has 0 saturated carbocycles. The summed E-state index contributed by atoms with van der Waals surface area (Å²) in [6.45, 7) is 4.97. The second kappa shape index (κ2) is 66.8. The number of hydrogen-bond acceptors (Lipinski definition) is 5. The van der Waals surface area contributed by atoms with Gasteiger partial charge in [-0.2, -0.15) is 0 Å². The zero-order chi connectivity index (χ0) is 55.7. The van der Waals surface area contributed by atoms with E-state index >= 15 is 0 Å². The van der Waals surface area contributed by atoms with Crippen molar-refractivity contribution in [1.29, 1.82) is 0 Å². The van der Waals surface area contributed by atoms with E-state index in [0.717, 1.165) is 44.9 Å². The molecule has 456 valence electrons. The van der Waals surface area contributed by atoms with Gasteiger partial charge in [0.1, 0.15) is 0 Å². The number of esters is 1.